The van der Waals surface area contributed by atoms with Gasteiger partial charge in [-0.1, -0.05) is 43.7 Å². The fourth-order valence-electron chi connectivity index (χ4n) is 2.01. The van der Waals surface area contributed by atoms with E-state index >= 15 is 0 Å². The molecule has 0 heterocycles. The van der Waals surface area contributed by atoms with E-state index in [1.54, 1.807) is 12.1 Å². The third-order valence-corrected chi connectivity index (χ3v) is 3.15. The maximum Gasteiger partial charge on any atom is 0.333 e. The summed E-state index contributed by atoms with van der Waals surface area (Å²) in [4.78, 5) is 24.0. The largest absolute Gasteiger partial charge is 0.467 e. The molecule has 1 rings (SSSR count). The smallest absolute Gasteiger partial charge is 0.333 e. The van der Waals surface area contributed by atoms with E-state index in [9.17, 15) is 9.59 Å². The fourth-order valence-corrected chi connectivity index (χ4v) is 2.01. The topological polar surface area (TPSA) is 81.4 Å². The molecule has 0 fully saturated rings. The summed E-state index contributed by atoms with van der Waals surface area (Å²) in [5.41, 5.74) is 6.30. The van der Waals surface area contributed by atoms with Crippen molar-refractivity contribution in [1.82, 2.24) is 5.32 Å². The minimum Gasteiger partial charge on any atom is -0.467 e. The maximum absolute atomic E-state index is 12.2. The van der Waals surface area contributed by atoms with Crippen LogP contribution >= 0.6 is 0 Å². The summed E-state index contributed by atoms with van der Waals surface area (Å²) in [5, 5.41) is 2.73. The van der Waals surface area contributed by atoms with Crippen molar-refractivity contribution in [3.8, 4) is 0 Å². The molecule has 0 saturated carbocycles. The van der Waals surface area contributed by atoms with Gasteiger partial charge in [-0.3, -0.25) is 4.79 Å². The highest BCUT2D eigenvalue weighted by Gasteiger charge is 2.26. The Morgan fingerprint density at radius 3 is 2.45 bits per heavy atom. The summed E-state index contributed by atoms with van der Waals surface area (Å²) in [6.45, 7) is 2.26. The second-order valence-electron chi connectivity index (χ2n) is 4.60. The summed E-state index contributed by atoms with van der Waals surface area (Å²) in [5.74, 6) is -0.985. The van der Waals surface area contributed by atoms with Gasteiger partial charge in [-0.15, -0.1) is 0 Å². The van der Waals surface area contributed by atoms with Crippen LogP contribution in [0.25, 0.3) is 0 Å². The SMILES string of the molecule is CCCC(CN)C(=O)NC(C(=O)OC)c1ccccc1. The maximum atomic E-state index is 12.2. The Hall–Kier alpha value is -1.88. The molecule has 2 unspecified atom stereocenters. The number of hydrogen-bond acceptors (Lipinski definition) is 4. The van der Waals surface area contributed by atoms with Gasteiger partial charge in [-0.25, -0.2) is 4.79 Å². The number of ether oxygens (including phenoxy) is 1. The molecule has 0 aliphatic heterocycles. The highest BCUT2D eigenvalue weighted by atomic mass is 16.5. The van der Waals surface area contributed by atoms with Gasteiger partial charge in [0, 0.05) is 6.54 Å². The number of methoxy groups -OCH3 is 1. The van der Waals surface area contributed by atoms with Crippen molar-refractivity contribution in [2.45, 2.75) is 25.8 Å². The van der Waals surface area contributed by atoms with Gasteiger partial charge in [0.2, 0.25) is 5.91 Å². The van der Waals surface area contributed by atoms with Gasteiger partial charge >= 0.3 is 5.97 Å². The zero-order valence-electron chi connectivity index (χ0n) is 12.0. The van der Waals surface area contributed by atoms with Crippen LogP contribution in [0.4, 0.5) is 0 Å². The fraction of sp³-hybridized carbons (Fsp3) is 0.467. The number of amides is 1. The number of carbonyl (C=O) groups is 2. The Morgan fingerprint density at radius 2 is 1.95 bits per heavy atom. The summed E-state index contributed by atoms with van der Waals surface area (Å²) in [7, 11) is 1.30. The molecule has 0 radical (unpaired) electrons. The van der Waals surface area contributed by atoms with E-state index in [1.165, 1.54) is 7.11 Å². The van der Waals surface area contributed by atoms with Gasteiger partial charge in [0.15, 0.2) is 6.04 Å². The lowest BCUT2D eigenvalue weighted by Gasteiger charge is -2.20. The third kappa shape index (κ3) is 4.35. The van der Waals surface area contributed by atoms with Crippen LogP contribution in [0.2, 0.25) is 0 Å². The quantitative estimate of drug-likeness (QED) is 0.739. The highest BCUT2D eigenvalue weighted by molar-refractivity contribution is 5.86. The van der Waals surface area contributed by atoms with Crippen molar-refractivity contribution >= 4 is 11.9 Å². The molecule has 20 heavy (non-hydrogen) atoms. The molecule has 2 atom stereocenters. The molecule has 0 aliphatic carbocycles. The zero-order valence-corrected chi connectivity index (χ0v) is 12.0. The number of nitrogens with two attached hydrogens (primary N) is 1. The summed E-state index contributed by atoms with van der Waals surface area (Å²) < 4.78 is 4.76. The lowest BCUT2D eigenvalue weighted by atomic mass is 10.0. The average molecular weight is 278 g/mol. The van der Waals surface area contributed by atoms with Crippen molar-refractivity contribution in [3.63, 3.8) is 0 Å². The number of esters is 1. The van der Waals surface area contributed by atoms with Crippen LogP contribution < -0.4 is 11.1 Å². The van der Waals surface area contributed by atoms with Crippen LogP contribution in [-0.4, -0.2) is 25.5 Å². The van der Waals surface area contributed by atoms with Crippen LogP contribution in [0.3, 0.4) is 0 Å². The predicted molar refractivity (Wildman–Crippen MR) is 76.8 cm³/mol. The molecular weight excluding hydrogens is 256 g/mol. The number of hydrogen-bond donors (Lipinski definition) is 2. The van der Waals surface area contributed by atoms with Gasteiger partial charge in [-0.05, 0) is 12.0 Å². The Kier molecular flexibility index (Phi) is 6.73. The summed E-state index contributed by atoms with van der Waals surface area (Å²) in [6.07, 6.45) is 1.56. The predicted octanol–water partition coefficient (Wildman–Crippen LogP) is 1.39. The van der Waals surface area contributed by atoms with Crippen LogP contribution in [0.1, 0.15) is 31.4 Å². The summed E-state index contributed by atoms with van der Waals surface area (Å²) >= 11 is 0. The van der Waals surface area contributed by atoms with Crippen LogP contribution in [0.15, 0.2) is 30.3 Å². The molecular formula is C15H22N2O3. The summed E-state index contributed by atoms with van der Waals surface area (Å²) in [6, 6.07) is 8.23. The van der Waals surface area contributed by atoms with E-state index < -0.39 is 12.0 Å². The minimum absolute atomic E-state index is 0.214. The Morgan fingerprint density at radius 1 is 1.30 bits per heavy atom. The van der Waals surface area contributed by atoms with Crippen molar-refractivity contribution in [3.05, 3.63) is 35.9 Å². The van der Waals surface area contributed by atoms with E-state index in [-0.39, 0.29) is 18.4 Å². The van der Waals surface area contributed by atoms with Crippen LogP contribution in [0.5, 0.6) is 0 Å². The standard InChI is InChI=1S/C15H22N2O3/c1-3-7-12(10-16)14(18)17-13(15(19)20-2)11-8-5-4-6-9-11/h4-6,8-9,12-13H,3,7,10,16H2,1-2H3,(H,17,18). The number of carbonyl (C=O) groups excluding carboxylic acids is 2. The molecule has 5 nitrogen and oxygen atoms in total. The lowest BCUT2D eigenvalue weighted by molar-refractivity contribution is -0.145. The molecule has 3 N–H and O–H groups in total. The van der Waals surface area contributed by atoms with Gasteiger partial charge in [0.1, 0.15) is 0 Å². The molecule has 0 saturated heterocycles. The molecule has 110 valence electrons. The van der Waals surface area contributed by atoms with Gasteiger partial charge in [-0.2, -0.15) is 0 Å². The third-order valence-electron chi connectivity index (χ3n) is 3.15. The molecule has 0 bridgehead atoms. The van der Waals surface area contributed by atoms with Gasteiger partial charge in [0.25, 0.3) is 0 Å². The second kappa shape index (κ2) is 8.32. The highest BCUT2D eigenvalue weighted by Crippen LogP contribution is 2.16. The number of benzene rings is 1. The van der Waals surface area contributed by atoms with Gasteiger partial charge in [0.05, 0.1) is 13.0 Å². The second-order valence-corrected chi connectivity index (χ2v) is 4.60. The monoisotopic (exact) mass is 278 g/mol. The van der Waals surface area contributed by atoms with Crippen LogP contribution in [0, 0.1) is 5.92 Å². The average Bonchev–Trinajstić information content (AvgIpc) is 2.50. The van der Waals surface area contributed by atoms with Crippen molar-refractivity contribution in [2.24, 2.45) is 11.7 Å². The molecule has 0 aromatic heterocycles. The first kappa shape index (κ1) is 16.2. The van der Waals surface area contributed by atoms with E-state index in [0.717, 1.165) is 6.42 Å². The molecule has 1 aromatic carbocycles. The molecule has 5 heteroatoms. The first-order chi connectivity index (χ1) is 9.63. The first-order valence-electron chi connectivity index (χ1n) is 6.77. The molecule has 0 spiro atoms. The van der Waals surface area contributed by atoms with E-state index in [0.29, 0.717) is 12.0 Å². The minimum atomic E-state index is -0.792. The van der Waals surface area contributed by atoms with E-state index in [2.05, 4.69) is 5.32 Å². The van der Waals surface area contributed by atoms with Crippen molar-refractivity contribution < 1.29 is 14.3 Å². The Balaban J connectivity index is 2.86. The molecule has 1 amide bonds. The zero-order chi connectivity index (χ0) is 15.0. The Labute approximate surface area is 119 Å². The van der Waals surface area contributed by atoms with E-state index in [4.69, 9.17) is 10.5 Å². The number of rotatable bonds is 7. The lowest BCUT2D eigenvalue weighted by Crippen LogP contribution is -2.40. The van der Waals surface area contributed by atoms with E-state index in [1.807, 2.05) is 25.1 Å². The van der Waals surface area contributed by atoms with Gasteiger partial charge < -0.3 is 15.8 Å². The normalized spacial score (nSPS) is 13.3. The Bertz CT molecular complexity index is 434. The van der Waals surface area contributed by atoms with Crippen molar-refractivity contribution in [2.75, 3.05) is 13.7 Å². The van der Waals surface area contributed by atoms with Crippen molar-refractivity contribution in [1.29, 1.82) is 0 Å². The first-order valence-corrected chi connectivity index (χ1v) is 6.77. The number of nitrogens with one attached hydrogen (secondary N) is 1. The van der Waals surface area contributed by atoms with Crippen LogP contribution in [-0.2, 0) is 14.3 Å². The molecule has 0 aliphatic rings. The molecule has 1 aromatic rings.